The molecule has 1 saturated carbocycles. The second-order valence-electron chi connectivity index (χ2n) is 11.2. The van der Waals surface area contributed by atoms with Crippen LogP contribution in [0.5, 0.6) is 0 Å². The first kappa shape index (κ1) is 30.0. The summed E-state index contributed by atoms with van der Waals surface area (Å²) >= 11 is 0. The molecule has 0 radical (unpaired) electrons. The molecule has 4 nitrogen and oxygen atoms in total. The van der Waals surface area contributed by atoms with Gasteiger partial charge in [-0.15, -0.1) is 0 Å². The predicted octanol–water partition coefficient (Wildman–Crippen LogP) is 8.41. The molecular weight excluding hydrogens is 412 g/mol. The topological polar surface area (TPSA) is 52.6 Å². The highest BCUT2D eigenvalue weighted by atomic mass is 16.6. The summed E-state index contributed by atoms with van der Waals surface area (Å²) in [6.45, 7) is 9.96. The molecule has 0 heterocycles. The lowest BCUT2D eigenvalue weighted by Gasteiger charge is -2.24. The fourth-order valence-electron chi connectivity index (χ4n) is 4.80. The molecule has 0 amide bonds. The lowest BCUT2D eigenvalue weighted by atomic mass is 9.86. The Hall–Kier alpha value is -1.06. The zero-order chi connectivity index (χ0) is 24.4. The molecule has 0 aromatic heterocycles. The highest BCUT2D eigenvalue weighted by molar-refractivity contribution is 6.00. The molecule has 0 saturated heterocycles. The SMILES string of the molecule is CC(C)CCCCCCCCOC(=O)C1(C(=O)OCCCCCCCCC(C)C)CCCC1. The molecule has 0 unspecified atom stereocenters. The largest absolute Gasteiger partial charge is 0.465 e. The first-order valence-corrected chi connectivity index (χ1v) is 14.2. The summed E-state index contributed by atoms with van der Waals surface area (Å²) in [6.07, 6.45) is 19.7. The van der Waals surface area contributed by atoms with E-state index in [-0.39, 0.29) is 11.9 Å². The van der Waals surface area contributed by atoms with Gasteiger partial charge >= 0.3 is 11.9 Å². The second kappa shape index (κ2) is 18.3. The molecule has 194 valence electrons. The van der Waals surface area contributed by atoms with Gasteiger partial charge in [0.15, 0.2) is 5.41 Å². The molecule has 0 bridgehead atoms. The van der Waals surface area contributed by atoms with Crippen LogP contribution in [0.4, 0.5) is 0 Å². The predicted molar refractivity (Wildman–Crippen MR) is 137 cm³/mol. The first-order chi connectivity index (χ1) is 15.9. The first-order valence-electron chi connectivity index (χ1n) is 14.2. The van der Waals surface area contributed by atoms with Gasteiger partial charge in [0.25, 0.3) is 0 Å². The van der Waals surface area contributed by atoms with Gasteiger partial charge in [-0.25, -0.2) is 0 Å². The minimum absolute atomic E-state index is 0.341. The summed E-state index contributed by atoms with van der Waals surface area (Å²) in [6, 6.07) is 0. The van der Waals surface area contributed by atoms with Crippen LogP contribution in [-0.2, 0) is 19.1 Å². The number of carbonyl (C=O) groups is 2. The maximum atomic E-state index is 12.8. The smallest absolute Gasteiger partial charge is 0.323 e. The Bertz CT molecular complexity index is 466. The van der Waals surface area contributed by atoms with Crippen LogP contribution in [0.1, 0.15) is 143 Å². The van der Waals surface area contributed by atoms with Gasteiger partial charge in [0, 0.05) is 0 Å². The lowest BCUT2D eigenvalue weighted by molar-refractivity contribution is -0.172. The van der Waals surface area contributed by atoms with Crippen molar-refractivity contribution in [1.29, 1.82) is 0 Å². The van der Waals surface area contributed by atoms with Crippen LogP contribution in [-0.4, -0.2) is 25.2 Å². The van der Waals surface area contributed by atoms with Crippen molar-refractivity contribution < 1.29 is 19.1 Å². The third kappa shape index (κ3) is 13.4. The van der Waals surface area contributed by atoms with Gasteiger partial charge in [0.05, 0.1) is 13.2 Å². The fourth-order valence-corrected chi connectivity index (χ4v) is 4.80. The van der Waals surface area contributed by atoms with Crippen LogP contribution >= 0.6 is 0 Å². The summed E-state index contributed by atoms with van der Waals surface area (Å²) in [5.74, 6) is 0.908. The number of ether oxygens (including phenoxy) is 2. The fraction of sp³-hybridized carbons (Fsp3) is 0.931. The van der Waals surface area contributed by atoms with Gasteiger partial charge < -0.3 is 9.47 Å². The van der Waals surface area contributed by atoms with Crippen molar-refractivity contribution >= 4 is 11.9 Å². The van der Waals surface area contributed by atoms with E-state index in [1.54, 1.807) is 0 Å². The van der Waals surface area contributed by atoms with Crippen molar-refractivity contribution in [3.63, 3.8) is 0 Å². The standard InChI is InChI=1S/C29H54O4/c1-25(2)19-13-9-5-7-11-17-23-32-27(30)29(21-15-16-22-29)28(31)33-24-18-12-8-6-10-14-20-26(3)4/h25-26H,5-24H2,1-4H3. The third-order valence-electron chi connectivity index (χ3n) is 7.06. The van der Waals surface area contributed by atoms with Gasteiger partial charge in [0.1, 0.15) is 0 Å². The number of hydrogen-bond acceptors (Lipinski definition) is 4. The maximum Gasteiger partial charge on any atom is 0.323 e. The zero-order valence-electron chi connectivity index (χ0n) is 22.4. The summed E-state index contributed by atoms with van der Waals surface area (Å²) < 4.78 is 11.1. The Kier molecular flexibility index (Phi) is 16.6. The summed E-state index contributed by atoms with van der Waals surface area (Å²) in [7, 11) is 0. The minimum Gasteiger partial charge on any atom is -0.465 e. The zero-order valence-corrected chi connectivity index (χ0v) is 22.4. The van der Waals surface area contributed by atoms with E-state index >= 15 is 0 Å². The minimum atomic E-state index is -1.03. The van der Waals surface area contributed by atoms with Crippen LogP contribution in [0, 0.1) is 17.3 Å². The Labute approximate surface area is 205 Å². The molecular formula is C29H54O4. The van der Waals surface area contributed by atoms with Crippen molar-refractivity contribution in [2.45, 2.75) is 143 Å². The highest BCUT2D eigenvalue weighted by Gasteiger charge is 2.50. The molecule has 0 spiro atoms. The summed E-state index contributed by atoms with van der Waals surface area (Å²) in [5, 5.41) is 0. The van der Waals surface area contributed by atoms with Crippen LogP contribution < -0.4 is 0 Å². The molecule has 1 rings (SSSR count). The lowest BCUT2D eigenvalue weighted by Crippen LogP contribution is -2.40. The Morgan fingerprint density at radius 1 is 0.576 bits per heavy atom. The molecule has 0 atom stereocenters. The van der Waals surface area contributed by atoms with Crippen molar-refractivity contribution in [1.82, 2.24) is 0 Å². The van der Waals surface area contributed by atoms with E-state index < -0.39 is 5.41 Å². The quantitative estimate of drug-likeness (QED) is 0.103. The van der Waals surface area contributed by atoms with Crippen LogP contribution in [0.25, 0.3) is 0 Å². The average molecular weight is 467 g/mol. The summed E-state index contributed by atoms with van der Waals surface area (Å²) in [4.78, 5) is 25.6. The van der Waals surface area contributed by atoms with Gasteiger partial charge in [0.2, 0.25) is 0 Å². The number of rotatable bonds is 20. The Morgan fingerprint density at radius 2 is 0.909 bits per heavy atom. The van der Waals surface area contributed by atoms with E-state index in [0.717, 1.165) is 50.4 Å². The molecule has 4 heteroatoms. The van der Waals surface area contributed by atoms with Crippen molar-refractivity contribution in [2.75, 3.05) is 13.2 Å². The maximum absolute atomic E-state index is 12.8. The molecule has 1 aliphatic carbocycles. The normalized spacial score (nSPS) is 15.3. The van der Waals surface area contributed by atoms with E-state index in [9.17, 15) is 9.59 Å². The molecule has 0 N–H and O–H groups in total. The Balaban J connectivity index is 2.16. The monoisotopic (exact) mass is 466 g/mol. The highest BCUT2D eigenvalue weighted by Crippen LogP contribution is 2.40. The van der Waals surface area contributed by atoms with Gasteiger partial charge in [-0.2, -0.15) is 0 Å². The van der Waals surface area contributed by atoms with Crippen molar-refractivity contribution in [3.8, 4) is 0 Å². The number of hydrogen-bond donors (Lipinski definition) is 0. The second-order valence-corrected chi connectivity index (χ2v) is 11.2. The van der Waals surface area contributed by atoms with Gasteiger partial charge in [-0.05, 0) is 37.5 Å². The van der Waals surface area contributed by atoms with Crippen LogP contribution in [0.3, 0.4) is 0 Å². The molecule has 1 aliphatic rings. The number of esters is 2. The van der Waals surface area contributed by atoms with E-state index in [0.29, 0.717) is 26.1 Å². The molecule has 1 fully saturated rings. The van der Waals surface area contributed by atoms with E-state index in [4.69, 9.17) is 9.47 Å². The Morgan fingerprint density at radius 3 is 1.27 bits per heavy atom. The van der Waals surface area contributed by atoms with Crippen molar-refractivity contribution in [2.24, 2.45) is 17.3 Å². The van der Waals surface area contributed by atoms with Gasteiger partial charge in [-0.3, -0.25) is 9.59 Å². The van der Waals surface area contributed by atoms with Crippen molar-refractivity contribution in [3.05, 3.63) is 0 Å². The van der Waals surface area contributed by atoms with E-state index in [2.05, 4.69) is 27.7 Å². The average Bonchev–Trinajstić information content (AvgIpc) is 3.27. The number of carbonyl (C=O) groups excluding carboxylic acids is 2. The van der Waals surface area contributed by atoms with Gasteiger partial charge in [-0.1, -0.05) is 118 Å². The van der Waals surface area contributed by atoms with E-state index in [1.165, 1.54) is 64.2 Å². The van der Waals surface area contributed by atoms with Crippen LogP contribution in [0.15, 0.2) is 0 Å². The number of unbranched alkanes of at least 4 members (excludes halogenated alkanes) is 10. The molecule has 33 heavy (non-hydrogen) atoms. The summed E-state index contributed by atoms with van der Waals surface area (Å²) in [5.41, 5.74) is -1.03. The molecule has 0 aliphatic heterocycles. The van der Waals surface area contributed by atoms with E-state index in [1.807, 2.05) is 0 Å². The molecule has 0 aromatic rings. The molecule has 0 aromatic carbocycles. The van der Waals surface area contributed by atoms with Crippen LogP contribution in [0.2, 0.25) is 0 Å². The third-order valence-corrected chi connectivity index (χ3v) is 7.06.